The number of guanidine groups is 1. The number of hydrogen-bond donors (Lipinski definition) is 2. The maximum absolute atomic E-state index is 5.57. The van der Waals surface area contributed by atoms with E-state index in [-0.39, 0.29) is 24.0 Å². The molecule has 1 aromatic heterocycles. The van der Waals surface area contributed by atoms with Gasteiger partial charge in [-0.1, -0.05) is 20.8 Å². The summed E-state index contributed by atoms with van der Waals surface area (Å²) in [6.07, 6.45) is 2.93. The number of hydrogen-bond acceptors (Lipinski definition) is 4. The van der Waals surface area contributed by atoms with Crippen LogP contribution < -0.4 is 10.6 Å². The molecule has 1 rings (SSSR count). The average Bonchev–Trinajstić information content (AvgIpc) is 2.88. The molecule has 0 aliphatic rings. The molecule has 0 unspecified atom stereocenters. The molecule has 0 aromatic carbocycles. The molecule has 7 heteroatoms. The van der Waals surface area contributed by atoms with Crippen LogP contribution in [0.3, 0.4) is 0 Å². The van der Waals surface area contributed by atoms with Gasteiger partial charge in [0, 0.05) is 44.6 Å². The fourth-order valence-electron chi connectivity index (χ4n) is 2.13. The summed E-state index contributed by atoms with van der Waals surface area (Å²) in [6, 6.07) is 0. The summed E-state index contributed by atoms with van der Waals surface area (Å²) in [7, 11) is 1.80. The van der Waals surface area contributed by atoms with Gasteiger partial charge in [-0.25, -0.2) is 4.98 Å². The quantitative estimate of drug-likeness (QED) is 0.239. The first-order valence-electron chi connectivity index (χ1n) is 8.54. The number of aliphatic imine (C=N–C) groups is 1. The molecule has 2 N–H and O–H groups in total. The zero-order chi connectivity index (χ0) is 17.1. The van der Waals surface area contributed by atoms with Crippen LogP contribution in [0.25, 0.3) is 0 Å². The van der Waals surface area contributed by atoms with Gasteiger partial charge >= 0.3 is 0 Å². The summed E-state index contributed by atoms with van der Waals surface area (Å²) in [5, 5.41) is 7.85. The normalized spacial score (nSPS) is 11.5. The molecule has 0 radical (unpaired) electrons. The van der Waals surface area contributed by atoms with Crippen molar-refractivity contribution in [3.8, 4) is 0 Å². The van der Waals surface area contributed by atoms with E-state index < -0.39 is 0 Å². The third kappa shape index (κ3) is 9.78. The zero-order valence-electron chi connectivity index (χ0n) is 15.6. The average molecular weight is 468 g/mol. The van der Waals surface area contributed by atoms with Gasteiger partial charge in [0.05, 0.1) is 10.7 Å². The Labute approximate surface area is 168 Å². The topological polar surface area (TPSA) is 58.5 Å². The van der Waals surface area contributed by atoms with Crippen molar-refractivity contribution in [3.63, 3.8) is 0 Å². The number of nitrogens with one attached hydrogen (secondary N) is 2. The number of thiazole rings is 1. The van der Waals surface area contributed by atoms with Crippen LogP contribution >= 0.6 is 35.3 Å². The standard InChI is InChI=1S/C17H32N4OS.HI/c1-6-15-14(4)23-16(21-15)8-10-20-17(18-5)19-9-7-11-22-12-13(2)3;/h13H,6-12H2,1-5H3,(H2,18,19,20);1H. The number of nitrogens with zero attached hydrogens (tertiary/aromatic N) is 2. The van der Waals surface area contributed by atoms with E-state index in [1.807, 2.05) is 0 Å². The Kier molecular flexibility index (Phi) is 13.6. The molecule has 140 valence electrons. The van der Waals surface area contributed by atoms with Crippen molar-refractivity contribution in [1.29, 1.82) is 0 Å². The largest absolute Gasteiger partial charge is 0.381 e. The molecular weight excluding hydrogens is 435 g/mol. The lowest BCUT2D eigenvalue weighted by Crippen LogP contribution is -2.39. The van der Waals surface area contributed by atoms with Gasteiger partial charge in [-0.2, -0.15) is 0 Å². The lowest BCUT2D eigenvalue weighted by molar-refractivity contribution is 0.108. The molecule has 5 nitrogen and oxygen atoms in total. The Morgan fingerprint density at radius 3 is 2.58 bits per heavy atom. The second kappa shape index (κ2) is 13.8. The van der Waals surface area contributed by atoms with Crippen LogP contribution in [-0.4, -0.2) is 44.3 Å². The van der Waals surface area contributed by atoms with E-state index in [9.17, 15) is 0 Å². The summed E-state index contributed by atoms with van der Waals surface area (Å²) < 4.78 is 5.57. The van der Waals surface area contributed by atoms with Gasteiger partial charge in [-0.3, -0.25) is 4.99 Å². The Morgan fingerprint density at radius 2 is 2.00 bits per heavy atom. The van der Waals surface area contributed by atoms with Crippen LogP contribution in [0.5, 0.6) is 0 Å². The number of aryl methyl sites for hydroxylation is 2. The van der Waals surface area contributed by atoms with E-state index in [0.29, 0.717) is 5.92 Å². The van der Waals surface area contributed by atoms with Gasteiger partial charge in [0.1, 0.15) is 0 Å². The SMILES string of the molecule is CCc1nc(CCNC(=NC)NCCCOCC(C)C)sc1C.I. The molecule has 0 saturated carbocycles. The van der Waals surface area contributed by atoms with Gasteiger partial charge in [0.25, 0.3) is 0 Å². The third-order valence-corrected chi connectivity index (χ3v) is 4.41. The summed E-state index contributed by atoms with van der Waals surface area (Å²) in [5.74, 6) is 1.44. The first-order chi connectivity index (χ1) is 11.1. The summed E-state index contributed by atoms with van der Waals surface area (Å²) in [4.78, 5) is 10.2. The highest BCUT2D eigenvalue weighted by Gasteiger charge is 2.06. The summed E-state index contributed by atoms with van der Waals surface area (Å²) in [6.45, 7) is 12.0. The first-order valence-corrected chi connectivity index (χ1v) is 9.35. The van der Waals surface area contributed by atoms with Crippen LogP contribution in [0.2, 0.25) is 0 Å². The maximum atomic E-state index is 5.57. The molecule has 0 spiro atoms. The molecule has 0 bridgehead atoms. The molecular formula is C17H33IN4OS. The summed E-state index contributed by atoms with van der Waals surface area (Å²) in [5.41, 5.74) is 1.23. The van der Waals surface area contributed by atoms with Crippen molar-refractivity contribution >= 4 is 41.3 Å². The maximum Gasteiger partial charge on any atom is 0.190 e. The van der Waals surface area contributed by atoms with Gasteiger partial charge in [-0.15, -0.1) is 35.3 Å². The highest BCUT2D eigenvalue weighted by Crippen LogP contribution is 2.17. The fraction of sp³-hybridized carbons (Fsp3) is 0.765. The Hall–Kier alpha value is -0.410. The Balaban J connectivity index is 0.00000529. The zero-order valence-corrected chi connectivity index (χ0v) is 18.8. The molecule has 0 atom stereocenters. The third-order valence-electron chi connectivity index (χ3n) is 3.34. The molecule has 1 heterocycles. The number of halogens is 1. The monoisotopic (exact) mass is 468 g/mol. The lowest BCUT2D eigenvalue weighted by Gasteiger charge is -2.11. The summed E-state index contributed by atoms with van der Waals surface area (Å²) >= 11 is 1.80. The molecule has 24 heavy (non-hydrogen) atoms. The fourth-order valence-corrected chi connectivity index (χ4v) is 3.15. The number of aromatic nitrogens is 1. The lowest BCUT2D eigenvalue weighted by atomic mass is 10.2. The number of ether oxygens (including phenoxy) is 1. The Morgan fingerprint density at radius 1 is 1.29 bits per heavy atom. The van der Waals surface area contributed by atoms with E-state index >= 15 is 0 Å². The van der Waals surface area contributed by atoms with Crippen molar-refractivity contribution in [2.45, 2.75) is 47.0 Å². The van der Waals surface area contributed by atoms with Gasteiger partial charge in [-0.05, 0) is 25.7 Å². The minimum Gasteiger partial charge on any atom is -0.381 e. The van der Waals surface area contributed by atoms with Crippen LogP contribution in [0.15, 0.2) is 4.99 Å². The van der Waals surface area contributed by atoms with E-state index in [1.54, 1.807) is 18.4 Å². The second-order valence-electron chi connectivity index (χ2n) is 5.96. The van der Waals surface area contributed by atoms with E-state index in [1.165, 1.54) is 15.6 Å². The van der Waals surface area contributed by atoms with Crippen molar-refractivity contribution in [1.82, 2.24) is 15.6 Å². The molecule has 0 aliphatic heterocycles. The van der Waals surface area contributed by atoms with Gasteiger partial charge in [0.2, 0.25) is 0 Å². The minimum absolute atomic E-state index is 0. The van der Waals surface area contributed by atoms with Gasteiger partial charge < -0.3 is 15.4 Å². The smallest absolute Gasteiger partial charge is 0.190 e. The molecule has 0 aliphatic carbocycles. The van der Waals surface area contributed by atoms with E-state index in [2.05, 4.69) is 48.3 Å². The first kappa shape index (κ1) is 23.6. The van der Waals surface area contributed by atoms with Gasteiger partial charge in [0.15, 0.2) is 5.96 Å². The Bertz CT molecular complexity index is 477. The molecule has 0 amide bonds. The van der Waals surface area contributed by atoms with Crippen LogP contribution in [-0.2, 0) is 17.6 Å². The van der Waals surface area contributed by atoms with E-state index in [4.69, 9.17) is 4.74 Å². The highest BCUT2D eigenvalue weighted by molar-refractivity contribution is 14.0. The van der Waals surface area contributed by atoms with Crippen molar-refractivity contribution in [3.05, 3.63) is 15.6 Å². The number of rotatable bonds is 10. The molecule has 0 fully saturated rings. The van der Waals surface area contributed by atoms with E-state index in [0.717, 1.165) is 51.5 Å². The predicted molar refractivity (Wildman–Crippen MR) is 115 cm³/mol. The highest BCUT2D eigenvalue weighted by atomic mass is 127. The minimum atomic E-state index is 0. The molecule has 1 aromatic rings. The van der Waals surface area contributed by atoms with Crippen LogP contribution in [0.1, 0.15) is 42.8 Å². The predicted octanol–water partition coefficient (Wildman–Crippen LogP) is 3.40. The van der Waals surface area contributed by atoms with Crippen LogP contribution in [0, 0.1) is 12.8 Å². The second-order valence-corrected chi connectivity index (χ2v) is 7.25. The molecule has 0 saturated heterocycles. The van der Waals surface area contributed by atoms with Crippen molar-refractivity contribution in [2.75, 3.05) is 33.4 Å². The van der Waals surface area contributed by atoms with Crippen molar-refractivity contribution < 1.29 is 4.74 Å². The van der Waals surface area contributed by atoms with Crippen molar-refractivity contribution in [2.24, 2.45) is 10.9 Å². The van der Waals surface area contributed by atoms with Crippen LogP contribution in [0.4, 0.5) is 0 Å².